The second kappa shape index (κ2) is 13.1. The number of nitrogens with zero attached hydrogens (tertiary/aromatic N) is 1. The average Bonchev–Trinajstić information content (AvgIpc) is 2.84. The Bertz CT molecular complexity index is 845. The lowest BCUT2D eigenvalue weighted by atomic mass is 9.40. The molecule has 2 aliphatic carbocycles. The molecule has 1 saturated heterocycles. The van der Waals surface area contributed by atoms with E-state index in [1.54, 1.807) is 27.9 Å². The van der Waals surface area contributed by atoms with E-state index in [4.69, 9.17) is 14.2 Å². The number of carbonyl (C=O) groups excluding carboxylic acids is 2. The molecule has 3 fully saturated rings. The second-order valence-electron chi connectivity index (χ2n) is 12.3. The maximum atomic E-state index is 13.3. The van der Waals surface area contributed by atoms with Crippen LogP contribution in [0.4, 0.5) is 0 Å². The van der Waals surface area contributed by atoms with E-state index in [9.17, 15) is 30.0 Å². The van der Waals surface area contributed by atoms with Crippen molar-refractivity contribution in [2.75, 3.05) is 27.3 Å². The van der Waals surface area contributed by atoms with Gasteiger partial charge in [0.25, 0.3) is 0 Å². The Hall–Kier alpha value is -1.40. The molecule has 3 rings (SSSR count). The molecule has 0 aromatic carbocycles. The Morgan fingerprint density at radius 2 is 1.59 bits per heavy atom. The predicted octanol–water partition coefficient (Wildman–Crippen LogP) is 2.06. The summed E-state index contributed by atoms with van der Waals surface area (Å²) in [4.78, 5) is 24.2. The molecule has 0 aromatic heterocycles. The summed E-state index contributed by atoms with van der Waals surface area (Å²) in [5.74, 6) is -1.17. The third-order valence-corrected chi connectivity index (χ3v) is 8.78. The topological polar surface area (TPSA) is 146 Å². The van der Waals surface area contributed by atoms with Gasteiger partial charge in [0.15, 0.2) is 17.7 Å². The molecule has 2 saturated carbocycles. The van der Waals surface area contributed by atoms with Crippen LogP contribution >= 0.6 is 0 Å². The van der Waals surface area contributed by atoms with Gasteiger partial charge in [-0.05, 0) is 52.9 Å². The Morgan fingerprint density at radius 1 is 1.10 bits per heavy atom. The first-order chi connectivity index (χ1) is 17.8. The summed E-state index contributed by atoms with van der Waals surface area (Å²) in [7, 11) is 3.38. The summed E-state index contributed by atoms with van der Waals surface area (Å²) in [6.45, 7) is 19.6. The lowest BCUT2D eigenvalue weighted by Crippen LogP contribution is -2.86. The molecule has 0 unspecified atom stereocenters. The molecule has 4 N–H and O–H groups in total. The van der Waals surface area contributed by atoms with Gasteiger partial charge in [0, 0.05) is 45.1 Å². The highest BCUT2D eigenvalue weighted by molar-refractivity contribution is 5.92. The number of aliphatic hydroxyl groups is 4. The summed E-state index contributed by atoms with van der Waals surface area (Å²) >= 11 is 0. The Morgan fingerprint density at radius 3 is 2.00 bits per heavy atom. The minimum Gasteiger partial charge on any atom is -0.392 e. The fourth-order valence-electron chi connectivity index (χ4n) is 6.83. The number of aliphatic hydroxyl groups excluding tert-OH is 3. The molecule has 39 heavy (non-hydrogen) atoms. The van der Waals surface area contributed by atoms with Gasteiger partial charge in [-0.15, -0.1) is 6.58 Å². The van der Waals surface area contributed by atoms with Crippen LogP contribution in [0, 0.1) is 16.7 Å². The molecule has 1 aliphatic heterocycles. The van der Waals surface area contributed by atoms with Crippen molar-refractivity contribution < 1.29 is 44.2 Å². The Balaban J connectivity index is 0.000000487. The third kappa shape index (κ3) is 6.42. The summed E-state index contributed by atoms with van der Waals surface area (Å²) < 4.78 is 16.2. The van der Waals surface area contributed by atoms with Gasteiger partial charge >= 0.3 is 0 Å². The lowest BCUT2D eigenvalue weighted by Gasteiger charge is -2.71. The molecule has 10 heteroatoms. The number of fused-ring (bicyclic) bond motifs is 3. The molecule has 8 atom stereocenters. The zero-order valence-electron chi connectivity index (χ0n) is 25.6. The van der Waals surface area contributed by atoms with E-state index in [0.717, 1.165) is 19.6 Å². The van der Waals surface area contributed by atoms with E-state index in [2.05, 4.69) is 6.58 Å². The van der Waals surface area contributed by atoms with Crippen LogP contribution in [0.2, 0.25) is 0 Å². The minimum atomic E-state index is -2.14. The molecule has 0 bridgehead atoms. The van der Waals surface area contributed by atoms with Gasteiger partial charge in [0.1, 0.15) is 11.7 Å². The van der Waals surface area contributed by atoms with Crippen molar-refractivity contribution in [1.29, 1.82) is 0 Å². The molecule has 10 nitrogen and oxygen atoms in total. The number of rotatable bonds is 6. The van der Waals surface area contributed by atoms with Crippen molar-refractivity contribution in [1.82, 2.24) is 4.90 Å². The smallest absolute Gasteiger partial charge is 0.209 e. The highest BCUT2D eigenvalue weighted by Gasteiger charge is 2.80. The highest BCUT2D eigenvalue weighted by atomic mass is 16.7. The van der Waals surface area contributed by atoms with E-state index in [-0.39, 0.29) is 12.7 Å². The van der Waals surface area contributed by atoms with Gasteiger partial charge < -0.3 is 39.5 Å². The maximum absolute atomic E-state index is 13.3. The number of hydrogen-bond acceptors (Lipinski definition) is 9. The molecule has 1 heterocycles. The molecular formula is C29H53NO9. The zero-order chi connectivity index (χ0) is 30.6. The summed E-state index contributed by atoms with van der Waals surface area (Å²) in [5, 5.41) is 44.9. The number of Topliss-reactive ketones (excluding diaryl/α,β-unsaturated/α-hetero) is 1. The number of amides is 1. The largest absolute Gasteiger partial charge is 0.392 e. The van der Waals surface area contributed by atoms with Crippen LogP contribution in [-0.2, 0) is 23.8 Å². The number of ketones is 1. The minimum absolute atomic E-state index is 0.0370. The van der Waals surface area contributed by atoms with Crippen molar-refractivity contribution in [2.45, 2.75) is 116 Å². The molecule has 1 amide bonds. The quantitative estimate of drug-likeness (QED) is 0.218. The summed E-state index contributed by atoms with van der Waals surface area (Å²) in [6, 6.07) is 0. The third-order valence-electron chi connectivity index (χ3n) is 8.78. The van der Waals surface area contributed by atoms with E-state index < -0.39 is 57.6 Å². The van der Waals surface area contributed by atoms with Crippen molar-refractivity contribution in [3.05, 3.63) is 12.7 Å². The van der Waals surface area contributed by atoms with Crippen molar-refractivity contribution in [3.63, 3.8) is 0 Å². The fraction of sp³-hybridized carbons (Fsp3) is 0.862. The maximum Gasteiger partial charge on any atom is 0.209 e. The first-order valence-corrected chi connectivity index (χ1v) is 13.8. The van der Waals surface area contributed by atoms with E-state index in [1.807, 2.05) is 34.6 Å². The van der Waals surface area contributed by atoms with Crippen LogP contribution in [0.25, 0.3) is 0 Å². The SMILES string of the molecule is C=C[C@@]1(C)CC(=O)[C@@]2(O)[C@@]3(C)[C@@H](O)CCC(C)(C)[C@@H]3[C@H](O)[C@H](O)[C@@]2(C)O1.CCOC(C)OCC.CN(C)C=O. The lowest BCUT2D eigenvalue weighted by molar-refractivity contribution is -0.370. The number of ether oxygens (including phenoxy) is 3. The number of hydrogen-bond donors (Lipinski definition) is 4. The Kier molecular flexibility index (Phi) is 11.9. The number of carbonyl (C=O) groups is 2. The van der Waals surface area contributed by atoms with E-state index in [1.165, 1.54) is 17.9 Å². The van der Waals surface area contributed by atoms with Gasteiger partial charge in [-0.25, -0.2) is 0 Å². The van der Waals surface area contributed by atoms with Gasteiger partial charge in [-0.3, -0.25) is 9.59 Å². The monoisotopic (exact) mass is 559 g/mol. The fourth-order valence-corrected chi connectivity index (χ4v) is 6.83. The van der Waals surface area contributed by atoms with E-state index >= 15 is 0 Å². The highest BCUT2D eigenvalue weighted by Crippen LogP contribution is 2.66. The van der Waals surface area contributed by atoms with Crippen LogP contribution in [0.3, 0.4) is 0 Å². The predicted molar refractivity (Wildman–Crippen MR) is 148 cm³/mol. The van der Waals surface area contributed by atoms with E-state index in [0.29, 0.717) is 12.8 Å². The first kappa shape index (κ1) is 35.6. The van der Waals surface area contributed by atoms with Gasteiger partial charge in [0.05, 0.1) is 17.8 Å². The second-order valence-corrected chi connectivity index (χ2v) is 12.3. The van der Waals surface area contributed by atoms with Crippen LogP contribution in [-0.4, -0.2) is 106 Å². The van der Waals surface area contributed by atoms with Crippen LogP contribution < -0.4 is 0 Å². The van der Waals surface area contributed by atoms with Crippen molar-refractivity contribution in [2.24, 2.45) is 16.7 Å². The first-order valence-electron chi connectivity index (χ1n) is 13.8. The van der Waals surface area contributed by atoms with Gasteiger partial charge in [-0.1, -0.05) is 26.8 Å². The standard InChI is InChI=1S/C20H32O6.C6H14O2.C3H7NO/c1-7-17(4)10-12(22)20(25)18(5)11(21)8-9-16(2,3)14(18)13(23)15(24)19(20,6)26-17;1-4-7-6(3)8-5-2;1-4(2)3-5/h7,11,13-15,21,23-25H,1,8-10H2,2-6H3;6H,4-5H2,1-3H3;3H,1-2H3/t11-,13-,14-,15-,17-,18-,19+,20+;;/m0../s1. The molecular weight excluding hydrogens is 506 g/mol. The summed E-state index contributed by atoms with van der Waals surface area (Å²) in [5.41, 5.74) is -6.82. The zero-order valence-corrected chi connectivity index (χ0v) is 25.6. The van der Waals surface area contributed by atoms with Crippen molar-refractivity contribution >= 4 is 12.2 Å². The van der Waals surface area contributed by atoms with Crippen LogP contribution in [0.15, 0.2) is 12.7 Å². The average molecular weight is 560 g/mol. The van der Waals surface area contributed by atoms with Crippen LogP contribution in [0.1, 0.15) is 74.7 Å². The normalized spacial score (nSPS) is 40.6. The summed E-state index contributed by atoms with van der Waals surface area (Å²) in [6.07, 6.45) is -0.658. The molecule has 0 aromatic rings. The molecule has 3 aliphatic rings. The molecule has 0 spiro atoms. The molecule has 228 valence electrons. The van der Waals surface area contributed by atoms with Crippen LogP contribution in [0.5, 0.6) is 0 Å². The van der Waals surface area contributed by atoms with Gasteiger partial charge in [-0.2, -0.15) is 0 Å². The van der Waals surface area contributed by atoms with Gasteiger partial charge in [0.2, 0.25) is 6.41 Å². The van der Waals surface area contributed by atoms with Crippen molar-refractivity contribution in [3.8, 4) is 0 Å². The molecule has 0 radical (unpaired) electrons. The Labute approximate surface area is 234 Å².